The minimum atomic E-state index is -0.290. The number of ether oxygens (including phenoxy) is 1. The van der Waals surface area contributed by atoms with E-state index < -0.39 is 0 Å². The molecule has 0 aromatic rings. The summed E-state index contributed by atoms with van der Waals surface area (Å²) in [5, 5.41) is 6.23. The maximum absolute atomic E-state index is 12.2. The van der Waals surface area contributed by atoms with Gasteiger partial charge in [-0.1, -0.05) is 0 Å². The predicted octanol–water partition coefficient (Wildman–Crippen LogP) is 0.207. The van der Waals surface area contributed by atoms with Crippen molar-refractivity contribution < 1.29 is 14.3 Å². The molecule has 0 saturated carbocycles. The second-order valence-electron chi connectivity index (χ2n) is 8.32. The Morgan fingerprint density at radius 2 is 1.76 bits per heavy atom. The molecule has 0 aliphatic carbocycles. The van der Waals surface area contributed by atoms with Crippen LogP contribution in [0.3, 0.4) is 0 Å². The zero-order valence-corrected chi connectivity index (χ0v) is 21.1. The van der Waals surface area contributed by atoms with Gasteiger partial charge < -0.3 is 25.2 Å². The van der Waals surface area contributed by atoms with Crippen LogP contribution in [-0.4, -0.2) is 112 Å². The minimum Gasteiger partial charge on any atom is -0.379 e. The first-order chi connectivity index (χ1) is 13.1. The summed E-state index contributed by atoms with van der Waals surface area (Å²) in [6.45, 7) is 11.3. The van der Waals surface area contributed by atoms with E-state index in [0.29, 0.717) is 5.96 Å². The number of hydrogen-bond donors (Lipinski definition) is 2. The van der Waals surface area contributed by atoms with Crippen LogP contribution in [0.5, 0.6) is 0 Å². The molecule has 1 rings (SSSR count). The van der Waals surface area contributed by atoms with Gasteiger partial charge in [0.25, 0.3) is 0 Å². The highest BCUT2D eigenvalue weighted by Gasteiger charge is 2.17. The molecular formula is C19H39IN6O3. The lowest BCUT2D eigenvalue weighted by Gasteiger charge is -2.27. The number of aliphatic imine (C=N–C) groups is 1. The van der Waals surface area contributed by atoms with Crippen LogP contribution in [0.2, 0.25) is 0 Å². The van der Waals surface area contributed by atoms with E-state index in [9.17, 15) is 9.59 Å². The molecule has 2 amide bonds. The molecule has 0 atom stereocenters. The number of amides is 2. The van der Waals surface area contributed by atoms with Gasteiger partial charge in [-0.15, -0.1) is 24.0 Å². The minimum absolute atomic E-state index is 0. The Labute approximate surface area is 192 Å². The van der Waals surface area contributed by atoms with Crippen LogP contribution in [0.1, 0.15) is 27.2 Å². The van der Waals surface area contributed by atoms with Crippen LogP contribution in [0.15, 0.2) is 4.99 Å². The predicted molar refractivity (Wildman–Crippen MR) is 127 cm³/mol. The summed E-state index contributed by atoms with van der Waals surface area (Å²) in [6.07, 6.45) is 0.947. The van der Waals surface area contributed by atoms with Gasteiger partial charge in [0.15, 0.2) is 5.96 Å². The lowest BCUT2D eigenvalue weighted by molar-refractivity contribution is -0.127. The average Bonchev–Trinajstić information content (AvgIpc) is 2.59. The highest BCUT2D eigenvalue weighted by Crippen LogP contribution is 2.00. The zero-order chi connectivity index (χ0) is 21.2. The largest absolute Gasteiger partial charge is 0.379 e. The third-order valence-electron chi connectivity index (χ3n) is 4.16. The van der Waals surface area contributed by atoms with Crippen molar-refractivity contribution in [2.24, 2.45) is 4.99 Å². The molecule has 0 aromatic carbocycles. The lowest BCUT2D eigenvalue weighted by atomic mass is 10.1. The normalized spacial score (nSPS) is 15.3. The van der Waals surface area contributed by atoms with Gasteiger partial charge in [-0.2, -0.15) is 0 Å². The van der Waals surface area contributed by atoms with E-state index in [-0.39, 0.29) is 54.4 Å². The molecule has 0 aromatic heterocycles. The summed E-state index contributed by atoms with van der Waals surface area (Å²) < 4.78 is 5.36. The summed E-state index contributed by atoms with van der Waals surface area (Å²) >= 11 is 0. The number of nitrogens with one attached hydrogen (secondary N) is 2. The van der Waals surface area contributed by atoms with Gasteiger partial charge >= 0.3 is 0 Å². The molecule has 1 saturated heterocycles. The van der Waals surface area contributed by atoms with Gasteiger partial charge in [0, 0.05) is 46.3 Å². The molecule has 9 nitrogen and oxygen atoms in total. The molecule has 1 heterocycles. The standard InChI is InChI=1S/C19H38N6O3.HI/c1-19(2,3)22-16(26)15-24(6)18(21-14-17(27)23(4)5)20-8-7-9-25-10-12-28-13-11-25;/h7-15H2,1-6H3,(H,20,21)(H,22,26);1H. The summed E-state index contributed by atoms with van der Waals surface area (Å²) in [7, 11) is 5.21. The Kier molecular flexibility index (Phi) is 13.4. The monoisotopic (exact) mass is 526 g/mol. The number of morpholine rings is 1. The van der Waals surface area contributed by atoms with Crippen LogP contribution >= 0.6 is 24.0 Å². The number of nitrogens with zero attached hydrogens (tertiary/aromatic N) is 4. The fraction of sp³-hybridized carbons (Fsp3) is 0.842. The van der Waals surface area contributed by atoms with Crippen LogP contribution in [0.4, 0.5) is 0 Å². The Morgan fingerprint density at radius 3 is 2.31 bits per heavy atom. The van der Waals surface area contributed by atoms with Crippen molar-refractivity contribution in [3.05, 3.63) is 0 Å². The van der Waals surface area contributed by atoms with Crippen molar-refractivity contribution >= 4 is 41.8 Å². The van der Waals surface area contributed by atoms with Crippen molar-refractivity contribution in [1.82, 2.24) is 25.3 Å². The maximum Gasteiger partial charge on any atom is 0.243 e. The van der Waals surface area contributed by atoms with Crippen LogP contribution in [0, 0.1) is 0 Å². The number of guanidine groups is 1. The van der Waals surface area contributed by atoms with Gasteiger partial charge in [-0.3, -0.25) is 14.5 Å². The van der Waals surface area contributed by atoms with Crippen LogP contribution in [0.25, 0.3) is 0 Å². The van der Waals surface area contributed by atoms with E-state index in [1.807, 2.05) is 20.8 Å². The third kappa shape index (κ3) is 12.9. The van der Waals surface area contributed by atoms with E-state index in [0.717, 1.165) is 45.8 Å². The van der Waals surface area contributed by atoms with Crippen molar-refractivity contribution in [3.8, 4) is 0 Å². The van der Waals surface area contributed by atoms with E-state index >= 15 is 0 Å². The molecule has 10 heteroatoms. The van der Waals surface area contributed by atoms with Gasteiger partial charge in [0.1, 0.15) is 6.54 Å². The number of rotatable bonds is 8. The van der Waals surface area contributed by atoms with Gasteiger partial charge in [0.2, 0.25) is 11.8 Å². The Bertz CT molecular complexity index is 531. The summed E-state index contributed by atoms with van der Waals surface area (Å²) in [4.78, 5) is 34.2. The fourth-order valence-corrected chi connectivity index (χ4v) is 2.67. The summed E-state index contributed by atoms with van der Waals surface area (Å²) in [5.74, 6) is 0.387. The third-order valence-corrected chi connectivity index (χ3v) is 4.16. The molecule has 2 N–H and O–H groups in total. The first kappa shape index (κ1) is 27.9. The zero-order valence-electron chi connectivity index (χ0n) is 18.8. The van der Waals surface area contributed by atoms with Crippen LogP contribution < -0.4 is 10.6 Å². The van der Waals surface area contributed by atoms with Crippen molar-refractivity contribution in [2.75, 3.05) is 73.6 Å². The molecule has 1 fully saturated rings. The average molecular weight is 526 g/mol. The van der Waals surface area contributed by atoms with Crippen molar-refractivity contribution in [3.63, 3.8) is 0 Å². The second kappa shape index (κ2) is 14.0. The van der Waals surface area contributed by atoms with Gasteiger partial charge in [0.05, 0.1) is 19.8 Å². The van der Waals surface area contributed by atoms with E-state index in [1.165, 1.54) is 4.90 Å². The topological polar surface area (TPSA) is 89.5 Å². The first-order valence-corrected chi connectivity index (χ1v) is 9.89. The van der Waals surface area contributed by atoms with Gasteiger partial charge in [-0.05, 0) is 33.7 Å². The maximum atomic E-state index is 12.2. The van der Waals surface area contributed by atoms with E-state index in [4.69, 9.17) is 4.74 Å². The van der Waals surface area contributed by atoms with Crippen molar-refractivity contribution in [2.45, 2.75) is 32.7 Å². The Morgan fingerprint density at radius 1 is 1.14 bits per heavy atom. The van der Waals surface area contributed by atoms with Crippen LogP contribution in [-0.2, 0) is 14.3 Å². The van der Waals surface area contributed by atoms with E-state index in [1.54, 1.807) is 26.0 Å². The van der Waals surface area contributed by atoms with Gasteiger partial charge in [-0.25, -0.2) is 4.99 Å². The SMILES string of the molecule is CN(C)C(=O)CN=C(NCCCN1CCOCC1)N(C)CC(=O)NC(C)(C)C.I. The summed E-state index contributed by atoms with van der Waals surface area (Å²) in [6, 6.07) is 0. The molecule has 0 radical (unpaired) electrons. The fourth-order valence-electron chi connectivity index (χ4n) is 2.67. The summed E-state index contributed by atoms with van der Waals surface area (Å²) in [5.41, 5.74) is -0.290. The number of hydrogen-bond acceptors (Lipinski definition) is 5. The number of carbonyl (C=O) groups excluding carboxylic acids is 2. The lowest BCUT2D eigenvalue weighted by Crippen LogP contribution is -2.49. The number of likely N-dealkylation sites (N-methyl/N-ethyl adjacent to an activating group) is 2. The number of halogens is 1. The Balaban J connectivity index is 0.00000784. The molecule has 0 spiro atoms. The number of carbonyl (C=O) groups is 2. The molecule has 1 aliphatic rings. The molecule has 1 aliphatic heterocycles. The van der Waals surface area contributed by atoms with Crippen molar-refractivity contribution in [1.29, 1.82) is 0 Å². The highest BCUT2D eigenvalue weighted by atomic mass is 127. The smallest absolute Gasteiger partial charge is 0.243 e. The molecule has 170 valence electrons. The first-order valence-electron chi connectivity index (χ1n) is 9.89. The quantitative estimate of drug-likeness (QED) is 0.204. The Hall–Kier alpha value is -1.14. The second-order valence-corrected chi connectivity index (χ2v) is 8.32. The highest BCUT2D eigenvalue weighted by molar-refractivity contribution is 14.0. The van der Waals surface area contributed by atoms with E-state index in [2.05, 4.69) is 20.5 Å². The molecule has 29 heavy (non-hydrogen) atoms. The molecule has 0 bridgehead atoms. The molecular weight excluding hydrogens is 487 g/mol. The molecule has 0 unspecified atom stereocenters.